The van der Waals surface area contributed by atoms with Crippen LogP contribution in [-0.2, 0) is 16.0 Å². The number of aromatic amines is 1. The van der Waals surface area contributed by atoms with Crippen LogP contribution in [0.15, 0.2) is 53.0 Å². The fourth-order valence-corrected chi connectivity index (χ4v) is 4.94. The lowest BCUT2D eigenvalue weighted by molar-refractivity contribution is -0.154. The van der Waals surface area contributed by atoms with Gasteiger partial charge in [0.1, 0.15) is 11.3 Å². The summed E-state index contributed by atoms with van der Waals surface area (Å²) in [6.07, 6.45) is 2.93. The Morgan fingerprint density at radius 2 is 1.82 bits per heavy atom. The smallest absolute Gasteiger partial charge is 0.306 e. The Hall–Kier alpha value is -2.60. The highest BCUT2D eigenvalue weighted by atomic mass is 79.9. The fourth-order valence-electron chi connectivity index (χ4n) is 4.46. The van der Waals surface area contributed by atoms with Gasteiger partial charge < -0.3 is 14.6 Å². The molecule has 0 aliphatic carbocycles. The van der Waals surface area contributed by atoms with Crippen molar-refractivity contribution >= 4 is 38.7 Å². The van der Waals surface area contributed by atoms with Crippen molar-refractivity contribution in [2.45, 2.75) is 58.0 Å². The van der Waals surface area contributed by atoms with Gasteiger partial charge in [0.15, 0.2) is 0 Å². The van der Waals surface area contributed by atoms with Gasteiger partial charge in [-0.15, -0.1) is 0 Å². The number of piperidine rings is 1. The third-order valence-corrected chi connectivity index (χ3v) is 6.78. The Morgan fingerprint density at radius 1 is 1.09 bits per heavy atom. The van der Waals surface area contributed by atoms with Crippen LogP contribution in [0.25, 0.3) is 10.9 Å². The molecule has 33 heavy (non-hydrogen) atoms. The number of amides is 1. The number of hydrogen-bond acceptors (Lipinski definition) is 3. The maximum absolute atomic E-state index is 13.1. The first-order valence-electron chi connectivity index (χ1n) is 11.6. The SMILES string of the molecule is CC(C)(C)OC(=O)CCc1cccc(C2CCN(C(=O)c3cc4c(Br)cccc4[nH]3)CC2)c1. The molecule has 2 aromatic carbocycles. The van der Waals surface area contributed by atoms with Gasteiger partial charge in [-0.2, -0.15) is 0 Å². The molecule has 0 unspecified atom stereocenters. The lowest BCUT2D eigenvalue weighted by atomic mass is 9.88. The van der Waals surface area contributed by atoms with Crippen LogP contribution in [0.4, 0.5) is 0 Å². The van der Waals surface area contributed by atoms with Crippen molar-refractivity contribution in [1.82, 2.24) is 9.88 Å². The molecular formula is C27H31BrN2O3. The Bertz CT molecular complexity index is 1150. The molecule has 5 nitrogen and oxygen atoms in total. The predicted molar refractivity (Wildman–Crippen MR) is 134 cm³/mol. The van der Waals surface area contributed by atoms with Crippen molar-refractivity contribution in [3.63, 3.8) is 0 Å². The molecule has 1 fully saturated rings. The number of benzene rings is 2. The minimum atomic E-state index is -0.451. The first-order valence-corrected chi connectivity index (χ1v) is 12.4. The summed E-state index contributed by atoms with van der Waals surface area (Å²) in [4.78, 5) is 30.3. The number of carbonyl (C=O) groups is 2. The van der Waals surface area contributed by atoms with E-state index >= 15 is 0 Å². The molecule has 0 spiro atoms. The van der Waals surface area contributed by atoms with Gasteiger partial charge in [0.25, 0.3) is 5.91 Å². The molecular weight excluding hydrogens is 480 g/mol. The molecule has 0 saturated carbocycles. The number of nitrogens with one attached hydrogen (secondary N) is 1. The molecule has 174 valence electrons. The van der Waals surface area contributed by atoms with Gasteiger partial charge in [-0.1, -0.05) is 46.3 Å². The molecule has 0 atom stereocenters. The van der Waals surface area contributed by atoms with E-state index in [4.69, 9.17) is 4.74 Å². The lowest BCUT2D eigenvalue weighted by Crippen LogP contribution is -2.38. The Kier molecular flexibility index (Phi) is 6.94. The van der Waals surface area contributed by atoms with Crippen LogP contribution in [0.3, 0.4) is 0 Å². The van der Waals surface area contributed by atoms with E-state index in [1.54, 1.807) is 0 Å². The van der Waals surface area contributed by atoms with E-state index in [1.165, 1.54) is 5.56 Å². The van der Waals surface area contributed by atoms with Crippen LogP contribution < -0.4 is 0 Å². The van der Waals surface area contributed by atoms with E-state index in [-0.39, 0.29) is 11.9 Å². The highest BCUT2D eigenvalue weighted by Crippen LogP contribution is 2.30. The molecule has 1 amide bonds. The van der Waals surface area contributed by atoms with Gasteiger partial charge in [-0.05, 0) is 75.3 Å². The maximum Gasteiger partial charge on any atom is 0.306 e. The number of likely N-dealkylation sites (tertiary alicyclic amines) is 1. The number of ether oxygens (including phenoxy) is 1. The summed E-state index contributed by atoms with van der Waals surface area (Å²) in [5, 5.41) is 1.03. The number of halogens is 1. The van der Waals surface area contributed by atoms with E-state index in [0.717, 1.165) is 46.9 Å². The van der Waals surface area contributed by atoms with Crippen LogP contribution in [-0.4, -0.2) is 40.5 Å². The maximum atomic E-state index is 13.1. The van der Waals surface area contributed by atoms with Crippen molar-refractivity contribution in [3.05, 3.63) is 69.8 Å². The van der Waals surface area contributed by atoms with Crippen LogP contribution >= 0.6 is 15.9 Å². The number of esters is 1. The minimum Gasteiger partial charge on any atom is -0.460 e. The van der Waals surface area contributed by atoms with Crippen LogP contribution in [0, 0.1) is 0 Å². The van der Waals surface area contributed by atoms with Gasteiger partial charge in [0.05, 0.1) is 0 Å². The van der Waals surface area contributed by atoms with Gasteiger partial charge in [-0.3, -0.25) is 9.59 Å². The van der Waals surface area contributed by atoms with E-state index in [0.29, 0.717) is 24.5 Å². The van der Waals surface area contributed by atoms with Gasteiger partial charge >= 0.3 is 5.97 Å². The summed E-state index contributed by atoms with van der Waals surface area (Å²) in [5.74, 6) is 0.318. The Labute approximate surface area is 203 Å². The molecule has 1 aliphatic rings. The van der Waals surface area contributed by atoms with E-state index in [1.807, 2.05) is 49.9 Å². The number of carbonyl (C=O) groups excluding carboxylic acids is 2. The van der Waals surface area contributed by atoms with Crippen molar-refractivity contribution in [2.75, 3.05) is 13.1 Å². The van der Waals surface area contributed by atoms with Crippen LogP contribution in [0.5, 0.6) is 0 Å². The van der Waals surface area contributed by atoms with Gasteiger partial charge in [-0.25, -0.2) is 0 Å². The molecule has 0 bridgehead atoms. The quantitative estimate of drug-likeness (QED) is 0.414. The number of rotatable bonds is 5. The summed E-state index contributed by atoms with van der Waals surface area (Å²) in [6, 6.07) is 16.4. The zero-order chi connectivity index (χ0) is 23.6. The summed E-state index contributed by atoms with van der Waals surface area (Å²) >= 11 is 3.56. The molecule has 1 saturated heterocycles. The Balaban J connectivity index is 1.34. The van der Waals surface area contributed by atoms with Gasteiger partial charge in [0, 0.05) is 34.9 Å². The average Bonchev–Trinajstić information content (AvgIpc) is 3.22. The second-order valence-electron chi connectivity index (χ2n) is 9.78. The molecule has 6 heteroatoms. The fraction of sp³-hybridized carbons (Fsp3) is 0.407. The molecule has 0 radical (unpaired) electrons. The molecule has 1 aliphatic heterocycles. The number of nitrogens with zero attached hydrogens (tertiary/aromatic N) is 1. The zero-order valence-corrected chi connectivity index (χ0v) is 21.1. The van der Waals surface area contributed by atoms with Crippen molar-refractivity contribution in [3.8, 4) is 0 Å². The normalized spacial score (nSPS) is 15.1. The second kappa shape index (κ2) is 9.72. The standard InChI is InChI=1S/C27H31BrN2O3/c1-27(2,3)33-25(31)11-10-18-6-4-7-20(16-18)19-12-14-30(15-13-19)26(32)24-17-21-22(28)8-5-9-23(21)29-24/h4-9,16-17,19,29H,10-15H2,1-3H3. The summed E-state index contributed by atoms with van der Waals surface area (Å²) in [5.41, 5.74) is 3.59. The largest absolute Gasteiger partial charge is 0.460 e. The number of hydrogen-bond donors (Lipinski definition) is 1. The van der Waals surface area contributed by atoms with E-state index in [2.05, 4.69) is 45.2 Å². The van der Waals surface area contributed by atoms with E-state index in [9.17, 15) is 9.59 Å². The predicted octanol–water partition coefficient (Wildman–Crippen LogP) is 6.22. The highest BCUT2D eigenvalue weighted by molar-refractivity contribution is 9.10. The molecule has 3 aromatic rings. The third kappa shape index (κ3) is 5.85. The summed E-state index contributed by atoms with van der Waals surface area (Å²) in [6.45, 7) is 7.14. The first-order chi connectivity index (χ1) is 15.7. The highest BCUT2D eigenvalue weighted by Gasteiger charge is 2.26. The second-order valence-corrected chi connectivity index (χ2v) is 10.6. The number of aromatic nitrogens is 1. The van der Waals surface area contributed by atoms with Crippen molar-refractivity contribution in [2.24, 2.45) is 0 Å². The third-order valence-electron chi connectivity index (χ3n) is 6.08. The number of aryl methyl sites for hydroxylation is 1. The van der Waals surface area contributed by atoms with Crippen molar-refractivity contribution < 1.29 is 14.3 Å². The topological polar surface area (TPSA) is 62.4 Å². The molecule has 1 N–H and O–H groups in total. The van der Waals surface area contributed by atoms with Crippen LogP contribution in [0.1, 0.15) is 67.6 Å². The Morgan fingerprint density at radius 3 is 2.52 bits per heavy atom. The average molecular weight is 511 g/mol. The number of H-pyrrole nitrogens is 1. The molecule has 1 aromatic heterocycles. The zero-order valence-electron chi connectivity index (χ0n) is 19.5. The number of fused-ring (bicyclic) bond motifs is 1. The summed E-state index contributed by atoms with van der Waals surface area (Å²) < 4.78 is 6.41. The first kappa shape index (κ1) is 23.6. The minimum absolute atomic E-state index is 0.0580. The van der Waals surface area contributed by atoms with Crippen LogP contribution in [0.2, 0.25) is 0 Å². The van der Waals surface area contributed by atoms with Crippen molar-refractivity contribution in [1.29, 1.82) is 0 Å². The van der Waals surface area contributed by atoms with E-state index < -0.39 is 5.60 Å². The monoisotopic (exact) mass is 510 g/mol. The lowest BCUT2D eigenvalue weighted by Gasteiger charge is -2.32. The summed E-state index contributed by atoms with van der Waals surface area (Å²) in [7, 11) is 0. The molecule has 4 rings (SSSR count). The van der Waals surface area contributed by atoms with Gasteiger partial charge in [0.2, 0.25) is 0 Å². The molecule has 2 heterocycles.